The minimum Gasteiger partial charge on any atom is -0.456 e. The van der Waals surface area contributed by atoms with Crippen molar-refractivity contribution in [3.63, 3.8) is 0 Å². The maximum absolute atomic E-state index is 6.16. The first-order valence-electron chi connectivity index (χ1n) is 16.8. The van der Waals surface area contributed by atoms with Gasteiger partial charge in [0.25, 0.3) is 0 Å². The molecule has 0 spiro atoms. The maximum Gasteiger partial charge on any atom is 0.135 e. The van der Waals surface area contributed by atoms with E-state index >= 15 is 0 Å². The molecule has 0 bridgehead atoms. The zero-order chi connectivity index (χ0) is 33.0. The van der Waals surface area contributed by atoms with Gasteiger partial charge in [-0.1, -0.05) is 91.0 Å². The van der Waals surface area contributed by atoms with Crippen molar-refractivity contribution < 1.29 is 4.42 Å². The standard InChI is InChI=1S/C46H30N2OS/c1-3-11-33(12-4-1)47(37-24-26-44-42(29-37)39-15-7-9-17-43(39)49-44)35-21-19-32-28-36(22-20-31(32)27-35)48(34-13-5-2-6-14-34)38-23-25-41-40-16-8-10-18-45(40)50-46(41)30-38/h1-30H. The van der Waals surface area contributed by atoms with E-state index in [9.17, 15) is 0 Å². The largest absolute Gasteiger partial charge is 0.456 e. The number of benzene rings is 8. The summed E-state index contributed by atoms with van der Waals surface area (Å²) in [6.07, 6.45) is 0. The van der Waals surface area contributed by atoms with Crippen LogP contribution < -0.4 is 9.80 Å². The molecular weight excluding hydrogens is 629 g/mol. The number of rotatable bonds is 6. The zero-order valence-electron chi connectivity index (χ0n) is 27.0. The zero-order valence-corrected chi connectivity index (χ0v) is 27.8. The molecule has 3 nitrogen and oxygen atoms in total. The molecular formula is C46H30N2OS. The van der Waals surface area contributed by atoms with Gasteiger partial charge in [0.1, 0.15) is 11.2 Å². The van der Waals surface area contributed by atoms with Crippen molar-refractivity contribution in [2.45, 2.75) is 0 Å². The summed E-state index contributed by atoms with van der Waals surface area (Å²) >= 11 is 1.85. The summed E-state index contributed by atoms with van der Waals surface area (Å²) < 4.78 is 8.77. The number of hydrogen-bond donors (Lipinski definition) is 0. The van der Waals surface area contributed by atoms with Crippen LogP contribution in [0.3, 0.4) is 0 Å². The highest BCUT2D eigenvalue weighted by Gasteiger charge is 2.18. The lowest BCUT2D eigenvalue weighted by molar-refractivity contribution is 0.669. The number of thiophene rings is 1. The predicted molar refractivity (Wildman–Crippen MR) is 213 cm³/mol. The Hall–Kier alpha value is -6.36. The number of para-hydroxylation sites is 3. The quantitative estimate of drug-likeness (QED) is 0.177. The highest BCUT2D eigenvalue weighted by Crippen LogP contribution is 2.43. The molecule has 0 aliphatic rings. The lowest BCUT2D eigenvalue weighted by atomic mass is 10.1. The van der Waals surface area contributed by atoms with Crippen molar-refractivity contribution in [1.82, 2.24) is 0 Å². The molecule has 2 aromatic heterocycles. The number of anilines is 6. The van der Waals surface area contributed by atoms with Gasteiger partial charge in [-0.05, 0) is 102 Å². The fourth-order valence-electron chi connectivity index (χ4n) is 7.25. The summed E-state index contributed by atoms with van der Waals surface area (Å²) in [5.74, 6) is 0. The minimum absolute atomic E-state index is 0.892. The van der Waals surface area contributed by atoms with E-state index in [0.717, 1.165) is 56.1 Å². The number of furan rings is 1. The number of fused-ring (bicyclic) bond motifs is 7. The summed E-state index contributed by atoms with van der Waals surface area (Å²) in [6.45, 7) is 0. The van der Waals surface area contributed by atoms with Crippen molar-refractivity contribution >= 4 is 98.3 Å². The molecule has 2 heterocycles. The molecule has 0 aliphatic carbocycles. The van der Waals surface area contributed by atoms with Gasteiger partial charge < -0.3 is 14.2 Å². The SMILES string of the molecule is c1ccc(N(c2ccc3cc(N(c4ccccc4)c4ccc5oc6ccccc6c5c4)ccc3c2)c2ccc3c(c2)sc2ccccc23)cc1. The van der Waals surface area contributed by atoms with Gasteiger partial charge in [0, 0.05) is 65.1 Å². The summed E-state index contributed by atoms with van der Waals surface area (Å²) in [5, 5.41) is 7.21. The second-order valence-electron chi connectivity index (χ2n) is 12.6. The van der Waals surface area contributed by atoms with Gasteiger partial charge >= 0.3 is 0 Å². The first-order valence-corrected chi connectivity index (χ1v) is 17.7. The third-order valence-electron chi connectivity index (χ3n) is 9.59. The summed E-state index contributed by atoms with van der Waals surface area (Å²) in [7, 11) is 0. The van der Waals surface area contributed by atoms with Crippen LogP contribution in [-0.2, 0) is 0 Å². The van der Waals surface area contributed by atoms with E-state index in [-0.39, 0.29) is 0 Å². The van der Waals surface area contributed by atoms with Gasteiger partial charge in [-0.15, -0.1) is 11.3 Å². The predicted octanol–water partition coefficient (Wildman–Crippen LogP) is 14.0. The first-order chi connectivity index (χ1) is 24.8. The molecule has 4 heteroatoms. The molecule has 10 aromatic rings. The van der Waals surface area contributed by atoms with Crippen LogP contribution in [0.4, 0.5) is 34.1 Å². The van der Waals surface area contributed by atoms with Crippen LogP contribution in [0.25, 0.3) is 52.9 Å². The highest BCUT2D eigenvalue weighted by molar-refractivity contribution is 7.25. The molecule has 0 radical (unpaired) electrons. The average molecular weight is 659 g/mol. The molecule has 0 unspecified atom stereocenters. The van der Waals surface area contributed by atoms with Gasteiger partial charge in [-0.25, -0.2) is 0 Å². The van der Waals surface area contributed by atoms with E-state index in [1.807, 2.05) is 23.5 Å². The Morgan fingerprint density at radius 1 is 0.320 bits per heavy atom. The molecule has 236 valence electrons. The van der Waals surface area contributed by atoms with Crippen LogP contribution in [-0.4, -0.2) is 0 Å². The molecule has 50 heavy (non-hydrogen) atoms. The summed E-state index contributed by atoms with van der Waals surface area (Å²) in [6, 6.07) is 65.0. The van der Waals surface area contributed by atoms with E-state index in [2.05, 4.69) is 180 Å². The number of nitrogens with zero attached hydrogens (tertiary/aromatic N) is 2. The van der Waals surface area contributed by atoms with Crippen molar-refractivity contribution in [3.8, 4) is 0 Å². The van der Waals surface area contributed by atoms with Crippen LogP contribution in [0.15, 0.2) is 186 Å². The smallest absolute Gasteiger partial charge is 0.135 e. The van der Waals surface area contributed by atoms with Crippen LogP contribution in [0, 0.1) is 0 Å². The Labute approximate surface area is 293 Å². The van der Waals surface area contributed by atoms with Crippen molar-refractivity contribution in [2.75, 3.05) is 9.80 Å². The minimum atomic E-state index is 0.892. The van der Waals surface area contributed by atoms with Gasteiger partial charge in [-0.2, -0.15) is 0 Å². The lowest BCUT2D eigenvalue weighted by Crippen LogP contribution is -2.10. The average Bonchev–Trinajstić information content (AvgIpc) is 3.74. The highest BCUT2D eigenvalue weighted by atomic mass is 32.1. The van der Waals surface area contributed by atoms with Crippen LogP contribution >= 0.6 is 11.3 Å². The fourth-order valence-corrected chi connectivity index (χ4v) is 8.39. The fraction of sp³-hybridized carbons (Fsp3) is 0. The van der Waals surface area contributed by atoms with E-state index in [0.29, 0.717) is 0 Å². The Morgan fingerprint density at radius 3 is 1.52 bits per heavy atom. The third kappa shape index (κ3) is 4.80. The van der Waals surface area contributed by atoms with Crippen LogP contribution in [0.5, 0.6) is 0 Å². The molecule has 0 fully saturated rings. The molecule has 0 saturated carbocycles. The molecule has 0 N–H and O–H groups in total. The Balaban J connectivity index is 1.08. The first kappa shape index (κ1) is 28.6. The Kier molecular flexibility index (Phi) is 6.68. The van der Waals surface area contributed by atoms with E-state index in [4.69, 9.17) is 4.42 Å². The summed E-state index contributed by atoms with van der Waals surface area (Å²) in [4.78, 5) is 4.68. The Morgan fingerprint density at radius 2 is 0.820 bits per heavy atom. The number of hydrogen-bond acceptors (Lipinski definition) is 4. The maximum atomic E-state index is 6.16. The van der Waals surface area contributed by atoms with Gasteiger partial charge in [0.2, 0.25) is 0 Å². The van der Waals surface area contributed by atoms with E-state index in [1.54, 1.807) is 0 Å². The second-order valence-corrected chi connectivity index (χ2v) is 13.7. The van der Waals surface area contributed by atoms with Gasteiger partial charge in [0.05, 0.1) is 0 Å². The molecule has 0 aliphatic heterocycles. The van der Waals surface area contributed by atoms with Crippen LogP contribution in [0.1, 0.15) is 0 Å². The summed E-state index contributed by atoms with van der Waals surface area (Å²) in [5.41, 5.74) is 8.46. The normalized spacial score (nSPS) is 11.6. The lowest BCUT2D eigenvalue weighted by Gasteiger charge is -2.27. The third-order valence-corrected chi connectivity index (χ3v) is 10.7. The molecule has 0 saturated heterocycles. The van der Waals surface area contributed by atoms with Crippen molar-refractivity contribution in [2.24, 2.45) is 0 Å². The second kappa shape index (κ2) is 11.7. The Bertz CT molecular complexity index is 2840. The van der Waals surface area contributed by atoms with E-state index < -0.39 is 0 Å². The molecule has 8 aromatic carbocycles. The monoisotopic (exact) mass is 658 g/mol. The molecule has 0 atom stereocenters. The molecule has 0 amide bonds. The van der Waals surface area contributed by atoms with E-state index in [1.165, 1.54) is 30.9 Å². The van der Waals surface area contributed by atoms with Crippen molar-refractivity contribution in [1.29, 1.82) is 0 Å². The van der Waals surface area contributed by atoms with Gasteiger partial charge in [-0.3, -0.25) is 0 Å². The van der Waals surface area contributed by atoms with Crippen molar-refractivity contribution in [3.05, 3.63) is 182 Å². The van der Waals surface area contributed by atoms with Gasteiger partial charge in [0.15, 0.2) is 0 Å². The topological polar surface area (TPSA) is 19.6 Å². The van der Waals surface area contributed by atoms with Crippen LogP contribution in [0.2, 0.25) is 0 Å². The molecule has 10 rings (SSSR count).